The third kappa shape index (κ3) is 11.8. The Morgan fingerprint density at radius 2 is 1.06 bits per heavy atom. The Hall–Kier alpha value is -2.44. The van der Waals surface area contributed by atoms with E-state index in [-0.39, 0.29) is 35.6 Å². The first-order valence-electron chi connectivity index (χ1n) is 17.2. The van der Waals surface area contributed by atoms with Gasteiger partial charge in [-0.25, -0.2) is 6.08 Å². The second kappa shape index (κ2) is 18.2. The molecule has 3 heteroatoms. The summed E-state index contributed by atoms with van der Waals surface area (Å²) in [6.07, 6.45) is 10.4. The van der Waals surface area contributed by atoms with E-state index in [2.05, 4.69) is 191 Å². The topological polar surface area (TPSA) is 0 Å². The summed E-state index contributed by atoms with van der Waals surface area (Å²) in [6, 6.07) is 37.3. The van der Waals surface area contributed by atoms with Crippen LogP contribution in [0.15, 0.2) is 121 Å². The van der Waals surface area contributed by atoms with Gasteiger partial charge in [0.05, 0.1) is 0 Å². The molecule has 5 aromatic rings. The van der Waals surface area contributed by atoms with E-state index in [4.69, 9.17) is 0 Å². The molecule has 258 valence electrons. The van der Waals surface area contributed by atoms with Crippen LogP contribution in [-0.2, 0) is 35.1 Å². The average Bonchev–Trinajstić information content (AvgIpc) is 3.66. The first-order chi connectivity index (χ1) is 22.1. The quantitative estimate of drug-likeness (QED) is 0.176. The molecule has 1 aliphatic rings. The van der Waals surface area contributed by atoms with Crippen molar-refractivity contribution in [3.05, 3.63) is 149 Å². The zero-order chi connectivity index (χ0) is 34.4. The number of rotatable bonds is 4. The molecule has 5 aromatic carbocycles. The van der Waals surface area contributed by atoms with Crippen LogP contribution in [0.2, 0.25) is 0 Å². The zero-order valence-electron chi connectivity index (χ0n) is 31.2. The first-order valence-corrected chi connectivity index (χ1v) is 18.5. The van der Waals surface area contributed by atoms with Crippen molar-refractivity contribution in [3.63, 3.8) is 0 Å². The number of halogens is 2. The predicted molar refractivity (Wildman–Crippen MR) is 204 cm³/mol. The van der Waals surface area contributed by atoms with E-state index >= 15 is 0 Å². The Morgan fingerprint density at radius 1 is 0.633 bits per heavy atom. The van der Waals surface area contributed by atoms with Crippen molar-refractivity contribution in [2.75, 3.05) is 0 Å². The molecule has 0 N–H and O–H groups in total. The Balaban J connectivity index is 0.000000262. The molecular weight excluding hydrogens is 715 g/mol. The molecule has 6 rings (SSSR count). The fourth-order valence-electron chi connectivity index (χ4n) is 5.79. The van der Waals surface area contributed by atoms with Crippen molar-refractivity contribution in [2.24, 2.45) is 11.3 Å². The molecule has 0 heterocycles. The zero-order valence-corrected chi connectivity index (χ0v) is 35.2. The van der Waals surface area contributed by atoms with Gasteiger partial charge in [-0.3, -0.25) is 6.08 Å². The van der Waals surface area contributed by atoms with Crippen molar-refractivity contribution in [2.45, 2.75) is 92.9 Å². The summed E-state index contributed by atoms with van der Waals surface area (Å²) in [6.45, 7) is 22.6. The number of hydrogen-bond acceptors (Lipinski definition) is 0. The fraction of sp³-hybridized carbons (Fsp3) is 0.348. The van der Waals surface area contributed by atoms with Gasteiger partial charge in [0.25, 0.3) is 0 Å². The van der Waals surface area contributed by atoms with Crippen LogP contribution in [-0.4, -0.2) is 3.21 Å². The molecule has 0 bridgehead atoms. The van der Waals surface area contributed by atoms with Crippen molar-refractivity contribution in [1.29, 1.82) is 0 Å². The monoisotopic (exact) mass is 766 g/mol. The third-order valence-electron chi connectivity index (χ3n) is 8.86. The summed E-state index contributed by atoms with van der Waals surface area (Å²) in [5.74, 6) is 0.587. The molecule has 0 saturated carbocycles. The second-order valence-electron chi connectivity index (χ2n) is 15.9. The van der Waals surface area contributed by atoms with E-state index < -0.39 is 0 Å². The summed E-state index contributed by atoms with van der Waals surface area (Å²) < 4.78 is 1.42. The van der Waals surface area contributed by atoms with Gasteiger partial charge in [0, 0.05) is 0 Å². The molecule has 0 nitrogen and oxygen atoms in total. The van der Waals surface area contributed by atoms with Gasteiger partial charge in [0.15, 0.2) is 0 Å². The van der Waals surface area contributed by atoms with Crippen molar-refractivity contribution >= 4 is 24.8 Å². The van der Waals surface area contributed by atoms with E-state index in [1.807, 2.05) is 0 Å². The fourth-order valence-corrected chi connectivity index (χ4v) is 6.61. The summed E-state index contributed by atoms with van der Waals surface area (Å²) in [5, 5.41) is 5.48. The Kier molecular flexibility index (Phi) is 15.8. The van der Waals surface area contributed by atoms with Gasteiger partial charge < -0.3 is 24.8 Å². The Bertz CT molecular complexity index is 1730. The number of allylic oxidation sites excluding steroid dienone is 4. The molecule has 0 spiro atoms. The molecule has 1 atom stereocenters. The molecule has 0 amide bonds. The molecule has 0 aromatic heterocycles. The van der Waals surface area contributed by atoms with Crippen LogP contribution in [0, 0.1) is 17.4 Å². The average molecular weight is 769 g/mol. The minimum atomic E-state index is 0. The molecule has 49 heavy (non-hydrogen) atoms. The first kappa shape index (κ1) is 42.7. The van der Waals surface area contributed by atoms with Gasteiger partial charge in [-0.2, -0.15) is 11.6 Å². The summed E-state index contributed by atoms with van der Waals surface area (Å²) in [5.41, 5.74) is 7.62. The minimum absolute atomic E-state index is 0. The SMILES string of the molecule is CC(C)(C)c1ccc2c(c1)[cH-]c1cc(C(C)(C)C)ccc12.CCCC1[C-]=CC(C(C)(C)C)=C1.[Cl-].[Cl-].[Zr+2]=[C](c1ccccc1)c1ccccc1. The summed E-state index contributed by atoms with van der Waals surface area (Å²) in [4.78, 5) is 0. The Labute approximate surface area is 325 Å². The normalized spacial score (nSPS) is 14.1. The van der Waals surface area contributed by atoms with Crippen molar-refractivity contribution < 1.29 is 49.0 Å². The molecule has 0 saturated heterocycles. The maximum atomic E-state index is 3.40. The van der Waals surface area contributed by atoms with E-state index in [1.54, 1.807) is 0 Å². The van der Waals surface area contributed by atoms with Crippen molar-refractivity contribution in [3.8, 4) is 0 Å². The number of benzene rings is 4. The molecule has 0 aliphatic heterocycles. The van der Waals surface area contributed by atoms with Gasteiger partial charge in [0.1, 0.15) is 0 Å². The second-order valence-corrected chi connectivity index (χ2v) is 17.2. The van der Waals surface area contributed by atoms with Crippen LogP contribution in [0.3, 0.4) is 0 Å². The molecule has 0 radical (unpaired) electrons. The van der Waals surface area contributed by atoms with Gasteiger partial charge in [-0.15, -0.1) is 39.7 Å². The summed E-state index contributed by atoms with van der Waals surface area (Å²) in [7, 11) is 0. The van der Waals surface area contributed by atoms with Crippen LogP contribution in [0.25, 0.3) is 21.5 Å². The maximum absolute atomic E-state index is 3.40. The van der Waals surface area contributed by atoms with Crippen LogP contribution in [0.5, 0.6) is 0 Å². The van der Waals surface area contributed by atoms with E-state index in [0.717, 1.165) is 0 Å². The predicted octanol–water partition coefficient (Wildman–Crippen LogP) is 6.87. The van der Waals surface area contributed by atoms with Gasteiger partial charge in [0.2, 0.25) is 0 Å². The molecular formula is C46H54Cl2Zr-2. The van der Waals surface area contributed by atoms with Gasteiger partial charge in [-0.05, 0) is 10.8 Å². The van der Waals surface area contributed by atoms with Gasteiger partial charge >= 0.3 is 99.2 Å². The molecule has 1 unspecified atom stereocenters. The van der Waals surface area contributed by atoms with Crippen LogP contribution < -0.4 is 24.8 Å². The van der Waals surface area contributed by atoms with Gasteiger partial charge in [-0.1, -0.05) is 129 Å². The van der Waals surface area contributed by atoms with Crippen LogP contribution in [0.4, 0.5) is 0 Å². The number of hydrogen-bond donors (Lipinski definition) is 0. The molecule has 0 fully saturated rings. The van der Waals surface area contributed by atoms with E-state index in [9.17, 15) is 0 Å². The van der Waals surface area contributed by atoms with E-state index in [0.29, 0.717) is 11.3 Å². The van der Waals surface area contributed by atoms with Crippen LogP contribution in [0.1, 0.15) is 104 Å². The van der Waals surface area contributed by atoms with Crippen LogP contribution >= 0.6 is 0 Å². The Morgan fingerprint density at radius 3 is 1.41 bits per heavy atom. The standard InChI is InChI=1S/C21H25.C13H10.C12H19.2ClH.Zr/c1-20(2,3)16-7-9-18-14(12-16)11-15-13-17(21(4,5)6)8-10-19(15)18;1-3-7-12(8-4-1)11-13-9-5-2-6-10-13;1-5-6-10-7-8-11(9-10)12(2,3)4;;;/h7-13H,1-6H3;1-10H;8-10H,5-6H2,1-4H3;2*1H;/q-1;;-1;;;+2/p-2. The number of fused-ring (bicyclic) bond motifs is 3. The molecule has 1 aliphatic carbocycles. The van der Waals surface area contributed by atoms with Crippen molar-refractivity contribution in [1.82, 2.24) is 0 Å². The van der Waals surface area contributed by atoms with E-state index in [1.165, 1.54) is 89.7 Å². The summed E-state index contributed by atoms with van der Waals surface area (Å²) >= 11 is 1.46. The third-order valence-corrected chi connectivity index (χ3v) is 10.3.